The molecule has 0 unspecified atom stereocenters. The zero-order valence-corrected chi connectivity index (χ0v) is 19.1. The summed E-state index contributed by atoms with van der Waals surface area (Å²) in [6, 6.07) is 17.5. The van der Waals surface area contributed by atoms with Crippen LogP contribution in [0.3, 0.4) is 0 Å². The molecule has 1 N–H and O–H groups in total. The summed E-state index contributed by atoms with van der Waals surface area (Å²) >= 11 is 5.85. The molecule has 0 saturated carbocycles. The lowest BCUT2D eigenvalue weighted by Gasteiger charge is -2.24. The van der Waals surface area contributed by atoms with Crippen LogP contribution in [-0.2, 0) is 14.3 Å². The fraction of sp³-hybridized carbons (Fsp3) is 0.154. The molecular formula is C26H20ClNO6. The highest BCUT2D eigenvalue weighted by atomic mass is 35.5. The van der Waals surface area contributed by atoms with Gasteiger partial charge in [-0.1, -0.05) is 35.9 Å². The molecule has 34 heavy (non-hydrogen) atoms. The molecule has 172 valence electrons. The van der Waals surface area contributed by atoms with Crippen molar-refractivity contribution in [3.63, 3.8) is 0 Å². The van der Waals surface area contributed by atoms with E-state index in [1.54, 1.807) is 48.5 Å². The van der Waals surface area contributed by atoms with Crippen LogP contribution in [0.5, 0.6) is 5.75 Å². The van der Waals surface area contributed by atoms with Gasteiger partial charge in [-0.2, -0.15) is 0 Å². The van der Waals surface area contributed by atoms with E-state index in [-0.39, 0.29) is 22.7 Å². The van der Waals surface area contributed by atoms with Crippen LogP contribution < -0.4 is 10.1 Å². The van der Waals surface area contributed by atoms with Gasteiger partial charge in [0.2, 0.25) is 0 Å². The first-order chi connectivity index (χ1) is 16.2. The number of nitrogens with one attached hydrogen (secondary N) is 1. The van der Waals surface area contributed by atoms with Crippen molar-refractivity contribution in [1.29, 1.82) is 0 Å². The van der Waals surface area contributed by atoms with E-state index in [1.165, 1.54) is 32.0 Å². The van der Waals surface area contributed by atoms with Crippen molar-refractivity contribution in [3.05, 3.63) is 94.0 Å². The summed E-state index contributed by atoms with van der Waals surface area (Å²) in [5.74, 6) is -1.47. The van der Waals surface area contributed by atoms with Gasteiger partial charge in [0, 0.05) is 33.0 Å². The monoisotopic (exact) mass is 477 g/mol. The summed E-state index contributed by atoms with van der Waals surface area (Å²) < 4.78 is 10.8. The average molecular weight is 478 g/mol. The van der Waals surface area contributed by atoms with Gasteiger partial charge < -0.3 is 14.8 Å². The lowest BCUT2D eigenvalue weighted by molar-refractivity contribution is -0.161. The Morgan fingerprint density at radius 3 is 2.09 bits per heavy atom. The summed E-state index contributed by atoms with van der Waals surface area (Å²) in [7, 11) is 0. The molecule has 7 nitrogen and oxygen atoms in total. The van der Waals surface area contributed by atoms with Crippen LogP contribution in [0.1, 0.15) is 45.7 Å². The van der Waals surface area contributed by atoms with Crippen molar-refractivity contribution in [1.82, 2.24) is 0 Å². The van der Waals surface area contributed by atoms with Crippen molar-refractivity contribution >= 4 is 40.7 Å². The summed E-state index contributed by atoms with van der Waals surface area (Å²) in [6.07, 6.45) is 0. The van der Waals surface area contributed by atoms with Gasteiger partial charge >= 0.3 is 5.97 Å². The van der Waals surface area contributed by atoms with E-state index >= 15 is 0 Å². The van der Waals surface area contributed by atoms with Crippen molar-refractivity contribution < 1.29 is 28.7 Å². The quantitative estimate of drug-likeness (QED) is 0.412. The number of halogens is 1. The fourth-order valence-corrected chi connectivity index (χ4v) is 3.64. The summed E-state index contributed by atoms with van der Waals surface area (Å²) in [5, 5.41) is 3.11. The standard InChI is InChI=1S/C26H20ClNO6/c1-26(2,34-17-10-7-15(27)8-11-17)25(32)33-14-22(29)28-16-9-12-20-21(13-16)24(31)19-6-4-3-5-18(19)23(20)30/h3-13H,14H2,1-2H3,(H,28,29). The fourth-order valence-electron chi connectivity index (χ4n) is 3.52. The van der Waals surface area contributed by atoms with Gasteiger partial charge in [-0.3, -0.25) is 14.4 Å². The molecule has 3 aromatic rings. The van der Waals surface area contributed by atoms with Gasteiger partial charge in [0.25, 0.3) is 5.91 Å². The van der Waals surface area contributed by atoms with Crippen LogP contribution >= 0.6 is 11.6 Å². The number of anilines is 1. The maximum atomic E-state index is 12.8. The molecule has 0 radical (unpaired) electrons. The van der Waals surface area contributed by atoms with Crippen molar-refractivity contribution in [3.8, 4) is 5.75 Å². The molecule has 1 aliphatic rings. The maximum Gasteiger partial charge on any atom is 0.350 e. The van der Waals surface area contributed by atoms with Crippen molar-refractivity contribution in [2.75, 3.05) is 11.9 Å². The lowest BCUT2D eigenvalue weighted by Crippen LogP contribution is -2.41. The Kier molecular flexibility index (Phi) is 6.22. The molecule has 8 heteroatoms. The topological polar surface area (TPSA) is 98.8 Å². The molecule has 3 aromatic carbocycles. The first kappa shape index (κ1) is 23.2. The number of carbonyl (C=O) groups excluding carboxylic acids is 4. The second-order valence-corrected chi connectivity index (χ2v) is 8.59. The predicted molar refractivity (Wildman–Crippen MR) is 125 cm³/mol. The number of hydrogen-bond acceptors (Lipinski definition) is 6. The second kappa shape index (κ2) is 9.11. The number of amides is 1. The Morgan fingerprint density at radius 1 is 0.853 bits per heavy atom. The highest BCUT2D eigenvalue weighted by Gasteiger charge is 2.33. The molecule has 0 aromatic heterocycles. The summed E-state index contributed by atoms with van der Waals surface area (Å²) in [4.78, 5) is 50.3. The maximum absolute atomic E-state index is 12.8. The first-order valence-electron chi connectivity index (χ1n) is 10.4. The van der Waals surface area contributed by atoms with Gasteiger partial charge in [0.05, 0.1) is 0 Å². The van der Waals surface area contributed by atoms with Crippen molar-refractivity contribution in [2.24, 2.45) is 0 Å². The van der Waals surface area contributed by atoms with Gasteiger partial charge in [-0.15, -0.1) is 0 Å². The average Bonchev–Trinajstić information content (AvgIpc) is 2.82. The SMILES string of the molecule is CC(C)(Oc1ccc(Cl)cc1)C(=O)OCC(=O)Nc1ccc2c(c1)C(=O)c1ccccc1C2=O. The number of hydrogen-bond donors (Lipinski definition) is 1. The molecule has 0 fully saturated rings. The molecule has 0 bridgehead atoms. The summed E-state index contributed by atoms with van der Waals surface area (Å²) in [6.45, 7) is 2.48. The Morgan fingerprint density at radius 2 is 1.44 bits per heavy atom. The van der Waals surface area contributed by atoms with Crippen LogP contribution in [0.25, 0.3) is 0 Å². The molecule has 0 saturated heterocycles. The predicted octanol–water partition coefficient (Wildman–Crippen LogP) is 4.45. The third kappa shape index (κ3) is 4.70. The molecule has 0 aliphatic heterocycles. The largest absolute Gasteiger partial charge is 0.476 e. The number of fused-ring (bicyclic) bond motifs is 2. The number of rotatable bonds is 6. The van der Waals surface area contributed by atoms with E-state index < -0.39 is 24.1 Å². The molecule has 1 aliphatic carbocycles. The molecule has 0 spiro atoms. The van der Waals surface area contributed by atoms with Crippen LogP contribution in [0.4, 0.5) is 5.69 Å². The molecular weight excluding hydrogens is 458 g/mol. The van der Waals surface area contributed by atoms with Gasteiger partial charge in [-0.25, -0.2) is 4.79 Å². The zero-order chi connectivity index (χ0) is 24.5. The number of ether oxygens (including phenoxy) is 2. The molecule has 1 amide bonds. The van der Waals surface area contributed by atoms with Crippen molar-refractivity contribution in [2.45, 2.75) is 19.4 Å². The number of carbonyl (C=O) groups is 4. The third-order valence-electron chi connectivity index (χ3n) is 5.22. The Balaban J connectivity index is 1.39. The minimum absolute atomic E-state index is 0.205. The van der Waals surface area contributed by atoms with Crippen LogP contribution in [0.2, 0.25) is 5.02 Å². The molecule has 0 atom stereocenters. The van der Waals surface area contributed by atoms with E-state index in [2.05, 4.69) is 5.32 Å². The molecule has 0 heterocycles. The minimum atomic E-state index is -1.35. The van der Waals surface area contributed by atoms with Crippen LogP contribution in [0.15, 0.2) is 66.7 Å². The van der Waals surface area contributed by atoms with E-state index in [9.17, 15) is 19.2 Å². The normalized spacial score (nSPS) is 12.4. The Bertz CT molecular complexity index is 1310. The highest BCUT2D eigenvalue weighted by Crippen LogP contribution is 2.29. The molecule has 4 rings (SSSR count). The Hall–Kier alpha value is -3.97. The zero-order valence-electron chi connectivity index (χ0n) is 18.4. The van der Waals surface area contributed by atoms with Gasteiger partial charge in [0.15, 0.2) is 23.8 Å². The van der Waals surface area contributed by atoms with E-state index in [1.807, 2.05) is 0 Å². The first-order valence-corrected chi connectivity index (χ1v) is 10.8. The number of ketones is 2. The summed E-state index contributed by atoms with van der Waals surface area (Å²) in [5.41, 5.74) is 0.106. The Labute approximate surface area is 200 Å². The second-order valence-electron chi connectivity index (χ2n) is 8.15. The van der Waals surface area contributed by atoms with Gasteiger partial charge in [-0.05, 0) is 56.3 Å². The van der Waals surface area contributed by atoms with Crippen LogP contribution in [-0.4, -0.2) is 35.7 Å². The third-order valence-corrected chi connectivity index (χ3v) is 5.47. The smallest absolute Gasteiger partial charge is 0.350 e. The van der Waals surface area contributed by atoms with E-state index in [4.69, 9.17) is 21.1 Å². The van der Waals surface area contributed by atoms with Gasteiger partial charge in [0.1, 0.15) is 5.75 Å². The minimum Gasteiger partial charge on any atom is -0.476 e. The van der Waals surface area contributed by atoms with E-state index in [0.717, 1.165) is 0 Å². The number of esters is 1. The highest BCUT2D eigenvalue weighted by molar-refractivity contribution is 6.30. The van der Waals surface area contributed by atoms with Crippen LogP contribution in [0, 0.1) is 0 Å². The van der Waals surface area contributed by atoms with E-state index in [0.29, 0.717) is 27.6 Å². The lowest BCUT2D eigenvalue weighted by atomic mass is 9.84. The number of benzene rings is 3.